The van der Waals surface area contributed by atoms with E-state index in [1.54, 1.807) is 13.8 Å². The number of nitrogens with one attached hydrogen (secondary N) is 1. The molecule has 0 aliphatic heterocycles. The van der Waals surface area contributed by atoms with E-state index in [9.17, 15) is 9.59 Å². The molecule has 2 aromatic heterocycles. The van der Waals surface area contributed by atoms with Gasteiger partial charge in [-0.15, -0.1) is 0 Å². The number of aromatic nitrogens is 3. The van der Waals surface area contributed by atoms with Gasteiger partial charge in [-0.2, -0.15) is 5.10 Å². The second kappa shape index (κ2) is 4.73. The van der Waals surface area contributed by atoms with E-state index >= 15 is 0 Å². The molecule has 2 heterocycles. The third-order valence-electron chi connectivity index (χ3n) is 3.43. The van der Waals surface area contributed by atoms with Crippen LogP contribution in [0.3, 0.4) is 0 Å². The first-order valence-electron chi connectivity index (χ1n) is 6.69. The predicted molar refractivity (Wildman–Crippen MR) is 71.3 cm³/mol. The van der Waals surface area contributed by atoms with Crippen molar-refractivity contribution in [3.05, 3.63) is 21.8 Å². The summed E-state index contributed by atoms with van der Waals surface area (Å²) in [5.41, 5.74) is 0.639. The van der Waals surface area contributed by atoms with E-state index in [-0.39, 0.29) is 29.9 Å². The lowest BCUT2D eigenvalue weighted by Crippen LogP contribution is -2.30. The Morgan fingerprint density at radius 1 is 1.45 bits per heavy atom. The van der Waals surface area contributed by atoms with Crippen molar-refractivity contribution in [1.29, 1.82) is 0 Å². The van der Waals surface area contributed by atoms with Gasteiger partial charge in [0.25, 0.3) is 5.56 Å². The molecule has 1 amide bonds. The summed E-state index contributed by atoms with van der Waals surface area (Å²) in [5, 5.41) is 11.5. The Kier molecular flexibility index (Phi) is 3.04. The normalized spacial score (nSPS) is 14.7. The lowest BCUT2D eigenvalue weighted by Gasteiger charge is -2.06. The van der Waals surface area contributed by atoms with Crippen molar-refractivity contribution in [2.24, 2.45) is 0 Å². The first-order valence-corrected chi connectivity index (χ1v) is 6.69. The number of hydrogen-bond acceptors (Lipinski definition) is 5. The maximum atomic E-state index is 12.2. The zero-order chi connectivity index (χ0) is 14.3. The first-order chi connectivity index (χ1) is 9.56. The van der Waals surface area contributed by atoms with Crippen molar-refractivity contribution in [3.63, 3.8) is 0 Å². The molecule has 2 aromatic rings. The largest absolute Gasteiger partial charge is 0.360 e. The van der Waals surface area contributed by atoms with Crippen LogP contribution in [0.15, 0.2) is 9.32 Å². The van der Waals surface area contributed by atoms with Crippen LogP contribution in [0.5, 0.6) is 0 Å². The molecule has 7 heteroatoms. The van der Waals surface area contributed by atoms with Gasteiger partial charge in [0.1, 0.15) is 5.76 Å². The Balaban J connectivity index is 1.82. The van der Waals surface area contributed by atoms with Gasteiger partial charge >= 0.3 is 0 Å². The summed E-state index contributed by atoms with van der Waals surface area (Å²) in [6.45, 7) is 3.80. The van der Waals surface area contributed by atoms with E-state index in [0.717, 1.165) is 12.8 Å². The van der Waals surface area contributed by atoms with Crippen LogP contribution in [-0.4, -0.2) is 26.9 Å². The van der Waals surface area contributed by atoms with Crippen LogP contribution < -0.4 is 10.9 Å². The molecule has 0 bridgehead atoms. The SMILES string of the molecule is Cc1nn(CCC(=O)NC2CC2)c(=O)c2noc(C)c12. The van der Waals surface area contributed by atoms with Gasteiger partial charge in [0.15, 0.2) is 5.52 Å². The standard InChI is InChI=1S/C13H16N4O3/c1-7-11-8(2)20-16-12(11)13(19)17(15-7)6-5-10(18)14-9-3-4-9/h9H,3-6H2,1-2H3,(H,14,18). The lowest BCUT2D eigenvalue weighted by molar-refractivity contribution is -0.121. The summed E-state index contributed by atoms with van der Waals surface area (Å²) >= 11 is 0. The Morgan fingerprint density at radius 2 is 2.20 bits per heavy atom. The minimum Gasteiger partial charge on any atom is -0.360 e. The quantitative estimate of drug-likeness (QED) is 0.886. The number of rotatable bonds is 4. The zero-order valence-electron chi connectivity index (χ0n) is 11.5. The molecule has 1 saturated carbocycles. The molecule has 0 saturated heterocycles. The average molecular weight is 276 g/mol. The second-order valence-corrected chi connectivity index (χ2v) is 5.17. The van der Waals surface area contributed by atoms with Crippen molar-refractivity contribution >= 4 is 16.8 Å². The molecule has 1 aliphatic carbocycles. The van der Waals surface area contributed by atoms with Crippen molar-refractivity contribution < 1.29 is 9.32 Å². The van der Waals surface area contributed by atoms with Gasteiger partial charge in [0, 0.05) is 12.5 Å². The summed E-state index contributed by atoms with van der Waals surface area (Å²) in [4.78, 5) is 23.8. The van der Waals surface area contributed by atoms with Gasteiger partial charge in [0.2, 0.25) is 5.91 Å². The highest BCUT2D eigenvalue weighted by Crippen LogP contribution is 2.19. The smallest absolute Gasteiger partial charge is 0.296 e. The molecule has 1 N–H and O–H groups in total. The van der Waals surface area contributed by atoms with Gasteiger partial charge in [-0.1, -0.05) is 5.16 Å². The number of nitrogens with zero attached hydrogens (tertiary/aromatic N) is 3. The minimum atomic E-state index is -0.318. The van der Waals surface area contributed by atoms with Crippen molar-refractivity contribution in [1.82, 2.24) is 20.3 Å². The number of aryl methyl sites for hydroxylation is 3. The highest BCUT2D eigenvalue weighted by atomic mass is 16.5. The highest BCUT2D eigenvalue weighted by molar-refractivity contribution is 5.81. The fourth-order valence-corrected chi connectivity index (χ4v) is 2.23. The van der Waals surface area contributed by atoms with Gasteiger partial charge in [0.05, 0.1) is 17.6 Å². The van der Waals surface area contributed by atoms with E-state index in [1.165, 1.54) is 4.68 Å². The fourth-order valence-electron chi connectivity index (χ4n) is 2.23. The van der Waals surface area contributed by atoms with Crippen LogP contribution in [0.25, 0.3) is 10.9 Å². The highest BCUT2D eigenvalue weighted by Gasteiger charge is 2.23. The maximum absolute atomic E-state index is 12.2. The number of carbonyl (C=O) groups is 1. The Bertz CT molecular complexity index is 727. The van der Waals surface area contributed by atoms with Crippen LogP contribution in [0, 0.1) is 13.8 Å². The van der Waals surface area contributed by atoms with Crippen LogP contribution in [0.4, 0.5) is 0 Å². The molecule has 0 radical (unpaired) electrons. The number of carbonyl (C=O) groups excluding carboxylic acids is 1. The molecular formula is C13H16N4O3. The van der Waals surface area contributed by atoms with Crippen molar-refractivity contribution in [2.75, 3.05) is 0 Å². The zero-order valence-corrected chi connectivity index (χ0v) is 11.5. The third kappa shape index (κ3) is 2.31. The molecule has 1 aliphatic rings. The topological polar surface area (TPSA) is 90.0 Å². The average Bonchev–Trinajstić information content (AvgIpc) is 3.12. The fraction of sp³-hybridized carbons (Fsp3) is 0.538. The van der Waals surface area contributed by atoms with E-state index in [1.807, 2.05) is 0 Å². The van der Waals surface area contributed by atoms with Gasteiger partial charge in [-0.25, -0.2) is 4.68 Å². The number of amides is 1. The number of hydrogen-bond donors (Lipinski definition) is 1. The minimum absolute atomic E-state index is 0.0460. The van der Waals surface area contributed by atoms with Crippen LogP contribution in [0.1, 0.15) is 30.7 Å². The number of fused-ring (bicyclic) bond motifs is 1. The Labute approximate surface area is 114 Å². The summed E-state index contributed by atoms with van der Waals surface area (Å²) in [6, 6.07) is 0.328. The molecule has 0 spiro atoms. The summed E-state index contributed by atoms with van der Waals surface area (Å²) in [6.07, 6.45) is 2.34. The van der Waals surface area contributed by atoms with Crippen molar-refractivity contribution in [3.8, 4) is 0 Å². The molecule has 7 nitrogen and oxygen atoms in total. The molecule has 3 rings (SSSR count). The maximum Gasteiger partial charge on any atom is 0.296 e. The third-order valence-corrected chi connectivity index (χ3v) is 3.43. The van der Waals surface area contributed by atoms with Crippen LogP contribution in [-0.2, 0) is 11.3 Å². The Hall–Kier alpha value is -2.18. The summed E-state index contributed by atoms with van der Waals surface area (Å²) in [5.74, 6) is 0.538. The molecule has 20 heavy (non-hydrogen) atoms. The monoisotopic (exact) mass is 276 g/mol. The van der Waals surface area contributed by atoms with E-state index in [0.29, 0.717) is 22.9 Å². The van der Waals surface area contributed by atoms with Crippen LogP contribution >= 0.6 is 0 Å². The molecule has 106 valence electrons. The Morgan fingerprint density at radius 3 is 2.90 bits per heavy atom. The summed E-state index contributed by atoms with van der Waals surface area (Å²) < 4.78 is 6.32. The molecule has 0 aromatic carbocycles. The summed E-state index contributed by atoms with van der Waals surface area (Å²) in [7, 11) is 0. The molecule has 0 unspecified atom stereocenters. The van der Waals surface area contributed by atoms with Gasteiger partial charge in [-0.3, -0.25) is 9.59 Å². The van der Waals surface area contributed by atoms with Crippen molar-refractivity contribution in [2.45, 2.75) is 45.7 Å². The van der Waals surface area contributed by atoms with Gasteiger partial charge < -0.3 is 9.84 Å². The second-order valence-electron chi connectivity index (χ2n) is 5.17. The molecular weight excluding hydrogens is 260 g/mol. The van der Waals surface area contributed by atoms with Gasteiger partial charge in [-0.05, 0) is 26.7 Å². The first kappa shape index (κ1) is 12.8. The molecule has 0 atom stereocenters. The van der Waals surface area contributed by atoms with Crippen LogP contribution in [0.2, 0.25) is 0 Å². The van der Waals surface area contributed by atoms with E-state index in [2.05, 4.69) is 15.6 Å². The van der Waals surface area contributed by atoms with E-state index in [4.69, 9.17) is 4.52 Å². The predicted octanol–water partition coefficient (Wildman–Crippen LogP) is 0.670. The lowest BCUT2D eigenvalue weighted by atomic mass is 10.2. The van der Waals surface area contributed by atoms with E-state index < -0.39 is 0 Å². The molecule has 1 fully saturated rings.